The lowest BCUT2D eigenvalue weighted by molar-refractivity contribution is 0.174. The van der Waals surface area contributed by atoms with Crippen molar-refractivity contribution < 1.29 is 9.47 Å². The Hall–Kier alpha value is -1.97. The Morgan fingerprint density at radius 1 is 1.20 bits per heavy atom. The number of rotatable bonds is 3. The highest BCUT2D eigenvalue weighted by Crippen LogP contribution is 2.43. The second kappa shape index (κ2) is 4.01. The number of anilines is 1. The average molecular weight is 270 g/mol. The molecule has 0 bridgehead atoms. The van der Waals surface area contributed by atoms with E-state index in [9.17, 15) is 0 Å². The van der Waals surface area contributed by atoms with E-state index in [-0.39, 0.29) is 5.54 Å². The van der Waals surface area contributed by atoms with Gasteiger partial charge in [-0.15, -0.1) is 0 Å². The average Bonchev–Trinajstić information content (AvgIpc) is 3.18. The van der Waals surface area contributed by atoms with Crippen LogP contribution in [0.15, 0.2) is 24.4 Å². The van der Waals surface area contributed by atoms with Crippen LogP contribution in [0.3, 0.4) is 0 Å². The van der Waals surface area contributed by atoms with Crippen LogP contribution in [0.25, 0.3) is 10.8 Å². The Balaban J connectivity index is 1.79. The Bertz CT molecular complexity index is 677. The smallest absolute Gasteiger partial charge is 0.231 e. The molecule has 0 radical (unpaired) electrons. The summed E-state index contributed by atoms with van der Waals surface area (Å²) in [6.45, 7) is 4.80. The quantitative estimate of drug-likeness (QED) is 0.926. The molecular weight excluding hydrogens is 252 g/mol. The van der Waals surface area contributed by atoms with Gasteiger partial charge in [-0.2, -0.15) is 0 Å². The molecule has 20 heavy (non-hydrogen) atoms. The number of nitrogens with zero attached hydrogens (tertiary/aromatic N) is 1. The molecule has 104 valence electrons. The van der Waals surface area contributed by atoms with Crippen LogP contribution >= 0.6 is 0 Å². The van der Waals surface area contributed by atoms with Crippen LogP contribution in [0, 0.1) is 5.92 Å². The Morgan fingerprint density at radius 3 is 2.70 bits per heavy atom. The molecular formula is C16H18N2O2. The molecule has 1 aromatic heterocycles. The third kappa shape index (κ3) is 1.87. The van der Waals surface area contributed by atoms with Crippen molar-refractivity contribution in [1.29, 1.82) is 0 Å². The number of pyridine rings is 1. The highest BCUT2D eigenvalue weighted by Gasteiger charge is 2.38. The molecule has 2 aromatic rings. The normalized spacial score (nSPS) is 17.5. The molecule has 2 aliphatic rings. The van der Waals surface area contributed by atoms with E-state index < -0.39 is 0 Å². The third-order valence-corrected chi connectivity index (χ3v) is 4.30. The van der Waals surface area contributed by atoms with Crippen LogP contribution in [0.5, 0.6) is 11.5 Å². The van der Waals surface area contributed by atoms with Gasteiger partial charge in [-0.3, -0.25) is 0 Å². The molecule has 1 aliphatic carbocycles. The predicted octanol–water partition coefficient (Wildman–Crippen LogP) is 3.56. The monoisotopic (exact) mass is 270 g/mol. The second-order valence-corrected chi connectivity index (χ2v) is 6.21. The molecule has 4 heteroatoms. The van der Waals surface area contributed by atoms with Gasteiger partial charge in [0.25, 0.3) is 0 Å². The van der Waals surface area contributed by atoms with Crippen molar-refractivity contribution in [2.24, 2.45) is 5.92 Å². The number of ether oxygens (including phenoxy) is 2. The van der Waals surface area contributed by atoms with Crippen molar-refractivity contribution in [3.05, 3.63) is 24.4 Å². The van der Waals surface area contributed by atoms with Crippen LogP contribution in [0.1, 0.15) is 26.7 Å². The third-order valence-electron chi connectivity index (χ3n) is 4.30. The lowest BCUT2D eigenvalue weighted by Gasteiger charge is -2.27. The zero-order chi connectivity index (χ0) is 13.7. The SMILES string of the molecule is CC(C)(Nc1nccc2cc3c(cc12)OCO3)C1CC1. The van der Waals surface area contributed by atoms with E-state index in [0.29, 0.717) is 6.79 Å². The van der Waals surface area contributed by atoms with E-state index in [1.165, 1.54) is 12.8 Å². The molecule has 0 atom stereocenters. The zero-order valence-electron chi connectivity index (χ0n) is 11.8. The first-order valence-corrected chi connectivity index (χ1v) is 7.10. The first kappa shape index (κ1) is 11.8. The molecule has 4 nitrogen and oxygen atoms in total. The van der Waals surface area contributed by atoms with Gasteiger partial charge in [0.2, 0.25) is 6.79 Å². The molecule has 1 fully saturated rings. The molecule has 1 aliphatic heterocycles. The molecule has 2 heterocycles. The molecule has 4 rings (SSSR count). The minimum atomic E-state index is 0.0810. The number of nitrogens with one attached hydrogen (secondary N) is 1. The summed E-state index contributed by atoms with van der Waals surface area (Å²) >= 11 is 0. The predicted molar refractivity (Wildman–Crippen MR) is 78.3 cm³/mol. The number of aromatic nitrogens is 1. The minimum Gasteiger partial charge on any atom is -0.454 e. The summed E-state index contributed by atoms with van der Waals surface area (Å²) in [5.74, 6) is 3.29. The Kier molecular flexibility index (Phi) is 2.37. The van der Waals surface area contributed by atoms with Crippen LogP contribution in [-0.2, 0) is 0 Å². The Morgan fingerprint density at radius 2 is 1.95 bits per heavy atom. The van der Waals surface area contributed by atoms with Crippen molar-refractivity contribution in [2.45, 2.75) is 32.2 Å². The van der Waals surface area contributed by atoms with Gasteiger partial charge in [0, 0.05) is 17.1 Å². The fourth-order valence-corrected chi connectivity index (χ4v) is 2.87. The summed E-state index contributed by atoms with van der Waals surface area (Å²) in [7, 11) is 0. The van der Waals surface area contributed by atoms with Gasteiger partial charge in [0.1, 0.15) is 5.82 Å². The van der Waals surface area contributed by atoms with Gasteiger partial charge in [-0.05, 0) is 56.2 Å². The maximum Gasteiger partial charge on any atom is 0.231 e. The number of fused-ring (bicyclic) bond motifs is 2. The highest BCUT2D eigenvalue weighted by molar-refractivity contribution is 5.94. The highest BCUT2D eigenvalue weighted by atomic mass is 16.7. The van der Waals surface area contributed by atoms with Gasteiger partial charge in [0.15, 0.2) is 11.5 Å². The van der Waals surface area contributed by atoms with Crippen molar-refractivity contribution in [1.82, 2.24) is 4.98 Å². The topological polar surface area (TPSA) is 43.4 Å². The minimum absolute atomic E-state index is 0.0810. The largest absolute Gasteiger partial charge is 0.454 e. The van der Waals surface area contributed by atoms with Gasteiger partial charge in [-0.1, -0.05) is 0 Å². The standard InChI is InChI=1S/C16H18N2O2/c1-16(2,11-3-4-11)18-15-12-8-14-13(19-9-20-14)7-10(12)5-6-17-15/h5-8,11H,3-4,9H2,1-2H3,(H,17,18). The number of hydrogen-bond donors (Lipinski definition) is 1. The van der Waals surface area contributed by atoms with Gasteiger partial charge in [-0.25, -0.2) is 4.98 Å². The van der Waals surface area contributed by atoms with Gasteiger partial charge in [0.05, 0.1) is 0 Å². The number of hydrogen-bond acceptors (Lipinski definition) is 4. The molecule has 1 N–H and O–H groups in total. The van der Waals surface area contributed by atoms with Crippen molar-refractivity contribution in [3.63, 3.8) is 0 Å². The summed E-state index contributed by atoms with van der Waals surface area (Å²) < 4.78 is 10.9. The van der Waals surface area contributed by atoms with E-state index in [1.54, 1.807) is 0 Å². The molecule has 1 saturated carbocycles. The fourth-order valence-electron chi connectivity index (χ4n) is 2.87. The van der Waals surface area contributed by atoms with Crippen LogP contribution in [0.2, 0.25) is 0 Å². The van der Waals surface area contributed by atoms with E-state index in [2.05, 4.69) is 24.1 Å². The maximum absolute atomic E-state index is 5.47. The first-order valence-electron chi connectivity index (χ1n) is 7.10. The van der Waals surface area contributed by atoms with Gasteiger partial charge < -0.3 is 14.8 Å². The van der Waals surface area contributed by atoms with Crippen LogP contribution in [0.4, 0.5) is 5.82 Å². The van der Waals surface area contributed by atoms with Crippen molar-refractivity contribution in [3.8, 4) is 11.5 Å². The lowest BCUT2D eigenvalue weighted by atomic mass is 9.98. The molecule has 1 aromatic carbocycles. The number of benzene rings is 1. The summed E-state index contributed by atoms with van der Waals surface area (Å²) in [5, 5.41) is 5.82. The summed E-state index contributed by atoms with van der Waals surface area (Å²) in [6.07, 6.45) is 4.45. The van der Waals surface area contributed by atoms with Gasteiger partial charge >= 0.3 is 0 Å². The zero-order valence-corrected chi connectivity index (χ0v) is 11.8. The van der Waals surface area contributed by atoms with Crippen LogP contribution in [-0.4, -0.2) is 17.3 Å². The van der Waals surface area contributed by atoms with Crippen molar-refractivity contribution >= 4 is 16.6 Å². The first-order chi connectivity index (χ1) is 9.63. The van der Waals surface area contributed by atoms with E-state index >= 15 is 0 Å². The Labute approximate surface area is 118 Å². The molecule has 0 unspecified atom stereocenters. The summed E-state index contributed by atoms with van der Waals surface area (Å²) in [5.41, 5.74) is 0.0810. The van der Waals surface area contributed by atoms with E-state index in [4.69, 9.17) is 9.47 Å². The van der Waals surface area contributed by atoms with E-state index in [1.807, 2.05) is 24.4 Å². The van der Waals surface area contributed by atoms with Crippen LogP contribution < -0.4 is 14.8 Å². The fraction of sp³-hybridized carbons (Fsp3) is 0.438. The molecule has 0 saturated heterocycles. The molecule has 0 spiro atoms. The lowest BCUT2D eigenvalue weighted by Crippen LogP contribution is -2.33. The van der Waals surface area contributed by atoms with E-state index in [0.717, 1.165) is 34.0 Å². The second-order valence-electron chi connectivity index (χ2n) is 6.21. The maximum atomic E-state index is 5.47. The molecule has 0 amide bonds. The summed E-state index contributed by atoms with van der Waals surface area (Å²) in [6, 6.07) is 6.05. The summed E-state index contributed by atoms with van der Waals surface area (Å²) in [4.78, 5) is 4.52. The van der Waals surface area contributed by atoms with Crippen molar-refractivity contribution in [2.75, 3.05) is 12.1 Å².